The molecule has 0 saturated heterocycles. The van der Waals surface area contributed by atoms with Gasteiger partial charge in [0.15, 0.2) is 0 Å². The second kappa shape index (κ2) is 6.02. The molecule has 0 atom stereocenters. The summed E-state index contributed by atoms with van der Waals surface area (Å²) in [6.07, 6.45) is 6.05. The van der Waals surface area contributed by atoms with Crippen LogP contribution in [-0.2, 0) is 0 Å². The van der Waals surface area contributed by atoms with Crippen molar-refractivity contribution >= 4 is 7.26 Å². The van der Waals surface area contributed by atoms with Crippen LogP contribution in [0.25, 0.3) is 0 Å². The SMILES string of the molecule is CC[PH](CC)(CC(C)C)CC(C)C. The molecule has 0 nitrogen and oxygen atoms in total. The molecule has 0 unspecified atom stereocenters. The summed E-state index contributed by atoms with van der Waals surface area (Å²) in [6.45, 7) is 14.4. The van der Waals surface area contributed by atoms with Crippen molar-refractivity contribution in [3.05, 3.63) is 0 Å². The second-order valence-corrected chi connectivity index (χ2v) is 10.6. The molecule has 0 N–H and O–H groups in total. The minimum absolute atomic E-state index is 0.870. The molecular formula is C12H29P. The third-order valence-electron chi connectivity index (χ3n) is 3.18. The molecule has 82 valence electrons. The van der Waals surface area contributed by atoms with E-state index in [0.29, 0.717) is 0 Å². The first kappa shape index (κ1) is 13.4. The van der Waals surface area contributed by atoms with Gasteiger partial charge in [0.05, 0.1) is 0 Å². The van der Waals surface area contributed by atoms with Crippen molar-refractivity contribution in [1.82, 2.24) is 0 Å². The molecular weight excluding hydrogens is 175 g/mol. The molecule has 1 heteroatoms. The Bertz CT molecular complexity index is 111. The Morgan fingerprint density at radius 2 is 1.08 bits per heavy atom. The molecule has 0 amide bonds. The van der Waals surface area contributed by atoms with Gasteiger partial charge < -0.3 is 0 Å². The van der Waals surface area contributed by atoms with E-state index in [1.165, 1.54) is 24.6 Å². The Kier molecular flexibility index (Phi) is 6.21. The topological polar surface area (TPSA) is 0 Å². The minimum atomic E-state index is -0.870. The zero-order valence-corrected chi connectivity index (χ0v) is 11.5. The van der Waals surface area contributed by atoms with Gasteiger partial charge >= 0.3 is 85.3 Å². The van der Waals surface area contributed by atoms with E-state index in [1.807, 2.05) is 0 Å². The fourth-order valence-electron chi connectivity index (χ4n) is 2.64. The Hall–Kier alpha value is 0.430. The van der Waals surface area contributed by atoms with Gasteiger partial charge in [0.2, 0.25) is 0 Å². The average Bonchev–Trinajstić information content (AvgIpc) is 2.01. The van der Waals surface area contributed by atoms with E-state index >= 15 is 0 Å². The third kappa shape index (κ3) is 5.01. The average molecular weight is 204 g/mol. The van der Waals surface area contributed by atoms with Crippen LogP contribution in [0.1, 0.15) is 41.5 Å². The monoisotopic (exact) mass is 204 g/mol. The zero-order valence-electron chi connectivity index (χ0n) is 10.5. The fourth-order valence-corrected chi connectivity index (χ4v) is 7.93. The first-order valence-corrected chi connectivity index (χ1v) is 8.78. The first-order chi connectivity index (χ1) is 5.95. The molecule has 0 bridgehead atoms. The van der Waals surface area contributed by atoms with Gasteiger partial charge in [0, 0.05) is 0 Å². The summed E-state index contributed by atoms with van der Waals surface area (Å²) in [5.74, 6) is 1.82. The number of hydrogen-bond acceptors (Lipinski definition) is 0. The molecule has 0 aliphatic rings. The summed E-state index contributed by atoms with van der Waals surface area (Å²) in [5, 5.41) is 0. The molecule has 0 aromatic heterocycles. The molecule has 0 aromatic carbocycles. The molecule has 0 spiro atoms. The van der Waals surface area contributed by atoms with Crippen LogP contribution >= 0.6 is 7.26 Å². The van der Waals surface area contributed by atoms with Crippen LogP contribution in [0.15, 0.2) is 0 Å². The number of hydrogen-bond donors (Lipinski definition) is 0. The van der Waals surface area contributed by atoms with Crippen molar-refractivity contribution in [1.29, 1.82) is 0 Å². The predicted molar refractivity (Wildman–Crippen MR) is 68.8 cm³/mol. The van der Waals surface area contributed by atoms with E-state index in [4.69, 9.17) is 0 Å². The van der Waals surface area contributed by atoms with Gasteiger partial charge in [-0.15, -0.1) is 0 Å². The van der Waals surface area contributed by atoms with Crippen LogP contribution in [0.4, 0.5) is 0 Å². The van der Waals surface area contributed by atoms with Crippen LogP contribution in [0.3, 0.4) is 0 Å². The Labute approximate surface area is 85.8 Å². The van der Waals surface area contributed by atoms with Crippen molar-refractivity contribution in [2.24, 2.45) is 11.8 Å². The van der Waals surface area contributed by atoms with Crippen LogP contribution < -0.4 is 0 Å². The van der Waals surface area contributed by atoms with E-state index in [9.17, 15) is 0 Å². The maximum absolute atomic E-state index is 2.42. The third-order valence-corrected chi connectivity index (χ3v) is 9.55. The van der Waals surface area contributed by atoms with Crippen molar-refractivity contribution < 1.29 is 0 Å². The van der Waals surface area contributed by atoms with E-state index in [2.05, 4.69) is 41.5 Å². The summed E-state index contributed by atoms with van der Waals surface area (Å²) in [5.41, 5.74) is 0. The maximum atomic E-state index is 2.42. The van der Waals surface area contributed by atoms with Crippen molar-refractivity contribution in [3.63, 3.8) is 0 Å². The van der Waals surface area contributed by atoms with Crippen molar-refractivity contribution in [2.45, 2.75) is 41.5 Å². The van der Waals surface area contributed by atoms with Crippen molar-refractivity contribution in [3.8, 4) is 0 Å². The van der Waals surface area contributed by atoms with Crippen LogP contribution in [-0.4, -0.2) is 24.6 Å². The summed E-state index contributed by atoms with van der Waals surface area (Å²) in [7, 11) is -0.870. The van der Waals surface area contributed by atoms with Crippen LogP contribution in [0.2, 0.25) is 0 Å². The molecule has 0 radical (unpaired) electrons. The Morgan fingerprint density at radius 1 is 0.769 bits per heavy atom. The van der Waals surface area contributed by atoms with E-state index < -0.39 is 7.26 Å². The molecule has 0 saturated carbocycles. The van der Waals surface area contributed by atoms with Gasteiger partial charge in [-0.2, -0.15) is 0 Å². The quantitative estimate of drug-likeness (QED) is 0.572. The Morgan fingerprint density at radius 3 is 1.23 bits per heavy atom. The predicted octanol–water partition coefficient (Wildman–Crippen LogP) is 4.09. The van der Waals surface area contributed by atoms with Gasteiger partial charge in [-0.25, -0.2) is 0 Å². The molecule has 0 fully saturated rings. The summed E-state index contributed by atoms with van der Waals surface area (Å²) < 4.78 is 0. The molecule has 0 aromatic rings. The van der Waals surface area contributed by atoms with Gasteiger partial charge in [-0.3, -0.25) is 0 Å². The van der Waals surface area contributed by atoms with E-state index in [0.717, 1.165) is 11.8 Å². The summed E-state index contributed by atoms with van der Waals surface area (Å²) in [6, 6.07) is 0. The van der Waals surface area contributed by atoms with Crippen LogP contribution in [0.5, 0.6) is 0 Å². The van der Waals surface area contributed by atoms with E-state index in [1.54, 1.807) is 0 Å². The molecule has 0 aliphatic carbocycles. The standard InChI is InChI=1S/C12H29P/c1-7-13(8-2,9-11(3)4)10-12(5)6/h11-13H,7-10H2,1-6H3. The van der Waals surface area contributed by atoms with Gasteiger partial charge in [0.25, 0.3) is 0 Å². The van der Waals surface area contributed by atoms with Gasteiger partial charge in [-0.05, 0) is 0 Å². The second-order valence-electron chi connectivity index (χ2n) is 5.40. The van der Waals surface area contributed by atoms with E-state index in [-0.39, 0.29) is 0 Å². The fraction of sp³-hybridized carbons (Fsp3) is 1.00. The normalized spacial score (nSPS) is 14.2. The molecule has 0 heterocycles. The molecule has 0 aliphatic heterocycles. The number of rotatable bonds is 6. The summed E-state index contributed by atoms with van der Waals surface area (Å²) >= 11 is 0. The van der Waals surface area contributed by atoms with Crippen LogP contribution in [0, 0.1) is 11.8 Å². The van der Waals surface area contributed by atoms with Crippen molar-refractivity contribution in [2.75, 3.05) is 24.6 Å². The van der Waals surface area contributed by atoms with Gasteiger partial charge in [-0.1, -0.05) is 0 Å². The zero-order chi connectivity index (χ0) is 10.5. The molecule has 13 heavy (non-hydrogen) atoms. The summed E-state index contributed by atoms with van der Waals surface area (Å²) in [4.78, 5) is 0. The first-order valence-electron chi connectivity index (χ1n) is 5.95. The van der Waals surface area contributed by atoms with Gasteiger partial charge in [0.1, 0.15) is 0 Å². The Balaban J connectivity index is 4.30. The molecule has 0 rings (SSSR count).